The Hall–Kier alpha value is -0.850. The van der Waals surface area contributed by atoms with Gasteiger partial charge in [-0.3, -0.25) is 4.98 Å². The van der Waals surface area contributed by atoms with Crippen molar-refractivity contribution < 1.29 is 0 Å². The molecule has 0 radical (unpaired) electrons. The Morgan fingerprint density at radius 2 is 1.00 bits per heavy atom. The van der Waals surface area contributed by atoms with E-state index in [2.05, 4.69) is 34.6 Å². The summed E-state index contributed by atoms with van der Waals surface area (Å²) < 4.78 is 0. The first-order chi connectivity index (χ1) is 11.2. The van der Waals surface area contributed by atoms with E-state index in [0.29, 0.717) is 0 Å². The Labute approximate surface area is 145 Å². The maximum atomic E-state index is 5.09. The lowest BCUT2D eigenvalue weighted by atomic mass is 9.88. The van der Waals surface area contributed by atoms with Gasteiger partial charge in [-0.2, -0.15) is 0 Å². The van der Waals surface area contributed by atoms with Crippen molar-refractivity contribution >= 4 is 0 Å². The standard InChI is InChI=1S/C22H39N/c1-6-10-14-19-18(5)23-22(17-13-9-4)21(16-12-8-3)20(19)15-11-7-2/h6-17H2,1-5H3. The molecule has 1 heteroatoms. The third kappa shape index (κ3) is 6.28. The molecule has 0 aliphatic heterocycles. The number of nitrogens with zero attached hydrogens (tertiary/aromatic N) is 1. The molecule has 1 rings (SSSR count). The number of hydrogen-bond acceptors (Lipinski definition) is 1. The van der Waals surface area contributed by atoms with E-state index in [1.54, 1.807) is 16.7 Å². The van der Waals surface area contributed by atoms with E-state index in [9.17, 15) is 0 Å². The summed E-state index contributed by atoms with van der Waals surface area (Å²) in [5.74, 6) is 0. The zero-order chi connectivity index (χ0) is 17.1. The van der Waals surface area contributed by atoms with E-state index >= 15 is 0 Å². The van der Waals surface area contributed by atoms with Gasteiger partial charge in [-0.15, -0.1) is 0 Å². The quantitative estimate of drug-likeness (QED) is 0.415. The van der Waals surface area contributed by atoms with Crippen molar-refractivity contribution in [2.24, 2.45) is 0 Å². The number of hydrogen-bond donors (Lipinski definition) is 0. The normalized spacial score (nSPS) is 11.2. The molecule has 1 heterocycles. The number of pyridine rings is 1. The van der Waals surface area contributed by atoms with E-state index in [1.165, 1.54) is 88.4 Å². The van der Waals surface area contributed by atoms with E-state index in [0.717, 1.165) is 0 Å². The molecule has 0 aliphatic carbocycles. The maximum absolute atomic E-state index is 5.09. The van der Waals surface area contributed by atoms with Gasteiger partial charge in [0.05, 0.1) is 0 Å². The second-order valence-electron chi connectivity index (χ2n) is 6.99. The first-order valence-electron chi connectivity index (χ1n) is 10.2. The Morgan fingerprint density at radius 3 is 1.52 bits per heavy atom. The second-order valence-corrected chi connectivity index (χ2v) is 6.99. The highest BCUT2D eigenvalue weighted by Gasteiger charge is 2.16. The molecule has 132 valence electrons. The van der Waals surface area contributed by atoms with E-state index in [-0.39, 0.29) is 0 Å². The molecule has 0 fully saturated rings. The van der Waals surface area contributed by atoms with Gasteiger partial charge in [-0.25, -0.2) is 0 Å². The minimum atomic E-state index is 1.17. The van der Waals surface area contributed by atoms with Crippen LogP contribution in [-0.4, -0.2) is 4.98 Å². The molecule has 1 aromatic heterocycles. The highest BCUT2D eigenvalue weighted by molar-refractivity contribution is 5.41. The van der Waals surface area contributed by atoms with Crippen LogP contribution in [0.2, 0.25) is 0 Å². The molecule has 0 N–H and O–H groups in total. The number of unbranched alkanes of at least 4 members (excludes halogenated alkanes) is 4. The zero-order valence-corrected chi connectivity index (χ0v) is 16.4. The molecule has 1 aromatic rings. The summed E-state index contributed by atoms with van der Waals surface area (Å²) in [5.41, 5.74) is 7.64. The average Bonchev–Trinajstić information content (AvgIpc) is 2.56. The van der Waals surface area contributed by atoms with Crippen molar-refractivity contribution in [1.82, 2.24) is 4.98 Å². The fraction of sp³-hybridized carbons (Fsp3) is 0.773. The molecule has 0 amide bonds. The van der Waals surface area contributed by atoms with Crippen LogP contribution in [0.3, 0.4) is 0 Å². The summed E-state index contributed by atoms with van der Waals surface area (Å²) in [7, 11) is 0. The molecule has 0 spiro atoms. The summed E-state index contributed by atoms with van der Waals surface area (Å²) in [6.07, 6.45) is 15.2. The third-order valence-electron chi connectivity index (χ3n) is 4.92. The smallest absolute Gasteiger partial charge is 0.0441 e. The number of aryl methyl sites for hydroxylation is 2. The largest absolute Gasteiger partial charge is 0.258 e. The van der Waals surface area contributed by atoms with Gasteiger partial charge < -0.3 is 0 Å². The molecule has 23 heavy (non-hydrogen) atoms. The van der Waals surface area contributed by atoms with Crippen molar-refractivity contribution in [2.45, 2.75) is 112 Å². The molecule has 0 saturated heterocycles. The molecule has 0 saturated carbocycles. The minimum absolute atomic E-state index is 1.17. The summed E-state index contributed by atoms with van der Waals surface area (Å²) >= 11 is 0. The maximum Gasteiger partial charge on any atom is 0.0441 e. The lowest BCUT2D eigenvalue weighted by Crippen LogP contribution is -2.11. The van der Waals surface area contributed by atoms with Gasteiger partial charge in [0.1, 0.15) is 0 Å². The Balaban J connectivity index is 3.26. The van der Waals surface area contributed by atoms with Crippen molar-refractivity contribution in [2.75, 3.05) is 0 Å². The first-order valence-corrected chi connectivity index (χ1v) is 10.2. The summed E-state index contributed by atoms with van der Waals surface area (Å²) in [6, 6.07) is 0. The minimum Gasteiger partial charge on any atom is -0.258 e. The number of aromatic nitrogens is 1. The van der Waals surface area contributed by atoms with Crippen LogP contribution >= 0.6 is 0 Å². The lowest BCUT2D eigenvalue weighted by Gasteiger charge is -2.21. The van der Waals surface area contributed by atoms with Crippen molar-refractivity contribution in [3.63, 3.8) is 0 Å². The molecule has 0 aliphatic rings. The van der Waals surface area contributed by atoms with Crippen LogP contribution in [0, 0.1) is 6.92 Å². The highest BCUT2D eigenvalue weighted by Crippen LogP contribution is 2.27. The third-order valence-corrected chi connectivity index (χ3v) is 4.92. The van der Waals surface area contributed by atoms with Crippen LogP contribution in [-0.2, 0) is 25.7 Å². The van der Waals surface area contributed by atoms with E-state index < -0.39 is 0 Å². The Kier molecular flexibility index (Phi) is 10.2. The van der Waals surface area contributed by atoms with Crippen molar-refractivity contribution in [3.8, 4) is 0 Å². The Morgan fingerprint density at radius 1 is 0.565 bits per heavy atom. The van der Waals surface area contributed by atoms with Gasteiger partial charge in [0.15, 0.2) is 0 Å². The van der Waals surface area contributed by atoms with Gasteiger partial charge in [-0.1, -0.05) is 53.4 Å². The monoisotopic (exact) mass is 317 g/mol. The molecule has 0 bridgehead atoms. The summed E-state index contributed by atoms with van der Waals surface area (Å²) in [6.45, 7) is 11.4. The fourth-order valence-electron chi connectivity index (χ4n) is 3.45. The highest BCUT2D eigenvalue weighted by atomic mass is 14.7. The predicted octanol–water partition coefficient (Wildman–Crippen LogP) is 6.76. The predicted molar refractivity (Wildman–Crippen MR) is 103 cm³/mol. The van der Waals surface area contributed by atoms with Gasteiger partial charge >= 0.3 is 0 Å². The number of rotatable bonds is 12. The average molecular weight is 318 g/mol. The molecular weight excluding hydrogens is 278 g/mol. The van der Waals surface area contributed by atoms with Crippen LogP contribution in [0.5, 0.6) is 0 Å². The van der Waals surface area contributed by atoms with Crippen LogP contribution in [0.4, 0.5) is 0 Å². The van der Waals surface area contributed by atoms with Crippen molar-refractivity contribution in [3.05, 3.63) is 28.1 Å². The van der Waals surface area contributed by atoms with Gasteiger partial charge in [0, 0.05) is 11.4 Å². The SMILES string of the molecule is CCCCc1nc(C)c(CCCC)c(CCCC)c1CCCC. The Bertz CT molecular complexity index is 448. The lowest BCUT2D eigenvalue weighted by molar-refractivity contribution is 0.698. The molecule has 0 aromatic carbocycles. The van der Waals surface area contributed by atoms with E-state index in [1.807, 2.05) is 0 Å². The van der Waals surface area contributed by atoms with Crippen molar-refractivity contribution in [1.29, 1.82) is 0 Å². The molecule has 0 atom stereocenters. The van der Waals surface area contributed by atoms with Gasteiger partial charge in [0.2, 0.25) is 0 Å². The van der Waals surface area contributed by atoms with Crippen LogP contribution in [0.1, 0.15) is 107 Å². The van der Waals surface area contributed by atoms with Gasteiger partial charge in [0.25, 0.3) is 0 Å². The summed E-state index contributed by atoms with van der Waals surface area (Å²) in [4.78, 5) is 5.09. The molecule has 0 unspecified atom stereocenters. The summed E-state index contributed by atoms with van der Waals surface area (Å²) in [5, 5.41) is 0. The topological polar surface area (TPSA) is 12.9 Å². The van der Waals surface area contributed by atoms with Crippen LogP contribution in [0.15, 0.2) is 0 Å². The zero-order valence-electron chi connectivity index (χ0n) is 16.4. The molecular formula is C22H39N. The van der Waals surface area contributed by atoms with Crippen LogP contribution < -0.4 is 0 Å². The van der Waals surface area contributed by atoms with Gasteiger partial charge in [-0.05, 0) is 75.0 Å². The second kappa shape index (κ2) is 11.6. The van der Waals surface area contributed by atoms with Crippen LogP contribution in [0.25, 0.3) is 0 Å². The first kappa shape index (κ1) is 20.2. The van der Waals surface area contributed by atoms with E-state index in [4.69, 9.17) is 4.98 Å². The fourth-order valence-corrected chi connectivity index (χ4v) is 3.45. The molecule has 1 nitrogen and oxygen atoms in total.